The molecule has 0 amide bonds. The van der Waals surface area contributed by atoms with E-state index < -0.39 is 0 Å². The summed E-state index contributed by atoms with van der Waals surface area (Å²) >= 11 is 0. The lowest BCUT2D eigenvalue weighted by atomic mass is 9.69. The summed E-state index contributed by atoms with van der Waals surface area (Å²) in [6, 6.07) is 4.22. The molecule has 4 rings (SSSR count). The average molecular weight is 257 g/mol. The quantitative estimate of drug-likeness (QED) is 0.784. The number of rotatable bonds is 1. The first-order chi connectivity index (χ1) is 9.35. The first-order valence-electron chi connectivity index (χ1n) is 7.10. The molecular weight excluding hydrogens is 238 g/mol. The fraction of sp³-hybridized carbons (Fsp3) is 0.500. The Labute approximate surface area is 113 Å². The van der Waals surface area contributed by atoms with Crippen LogP contribution in [-0.2, 0) is 12.0 Å². The van der Waals surface area contributed by atoms with Crippen molar-refractivity contribution < 1.29 is 9.47 Å². The number of allylic oxidation sites excluding steroid dienone is 1. The van der Waals surface area contributed by atoms with Crippen LogP contribution in [0.5, 0.6) is 11.5 Å². The van der Waals surface area contributed by atoms with Crippen LogP contribution in [0.1, 0.15) is 30.4 Å². The van der Waals surface area contributed by atoms with Gasteiger partial charge in [0, 0.05) is 12.1 Å². The van der Waals surface area contributed by atoms with Gasteiger partial charge >= 0.3 is 0 Å². The summed E-state index contributed by atoms with van der Waals surface area (Å²) in [5, 5.41) is 3.53. The van der Waals surface area contributed by atoms with Crippen LogP contribution in [0.2, 0.25) is 0 Å². The average Bonchev–Trinajstić information content (AvgIpc) is 2.68. The molecular formula is C16H19NO2. The van der Waals surface area contributed by atoms with Gasteiger partial charge in [-0.05, 0) is 37.4 Å². The number of hydrogen-bond donors (Lipinski definition) is 1. The third kappa shape index (κ3) is 1.42. The first-order valence-corrected chi connectivity index (χ1v) is 7.10. The number of methoxy groups -OCH3 is 1. The van der Waals surface area contributed by atoms with Crippen LogP contribution in [-0.4, -0.2) is 19.8 Å². The molecule has 3 nitrogen and oxygen atoms in total. The van der Waals surface area contributed by atoms with Crippen molar-refractivity contribution >= 4 is 0 Å². The minimum atomic E-state index is 0.0704. The molecule has 1 aromatic carbocycles. The fourth-order valence-electron chi connectivity index (χ4n) is 3.88. The minimum absolute atomic E-state index is 0.0704. The van der Waals surface area contributed by atoms with Crippen molar-refractivity contribution in [3.05, 3.63) is 35.4 Å². The van der Waals surface area contributed by atoms with Crippen molar-refractivity contribution in [2.75, 3.05) is 13.7 Å². The summed E-state index contributed by atoms with van der Waals surface area (Å²) in [4.78, 5) is 0. The lowest BCUT2D eigenvalue weighted by Gasteiger charge is -2.33. The molecule has 0 saturated carbocycles. The molecule has 2 heterocycles. The number of benzene rings is 1. The summed E-state index contributed by atoms with van der Waals surface area (Å²) in [6.45, 7) is 1.97. The van der Waals surface area contributed by atoms with Gasteiger partial charge in [0.15, 0.2) is 11.5 Å². The molecule has 3 aliphatic rings. The van der Waals surface area contributed by atoms with E-state index >= 15 is 0 Å². The lowest BCUT2D eigenvalue weighted by molar-refractivity contribution is 0.147. The normalized spacial score (nSPS) is 31.1. The minimum Gasteiger partial charge on any atom is -0.493 e. The van der Waals surface area contributed by atoms with Crippen LogP contribution in [0.25, 0.3) is 0 Å². The van der Waals surface area contributed by atoms with E-state index in [0.29, 0.717) is 0 Å². The lowest BCUT2D eigenvalue weighted by Crippen LogP contribution is -2.39. The third-order valence-electron chi connectivity index (χ3n) is 4.77. The molecule has 2 aliphatic heterocycles. The Morgan fingerprint density at radius 2 is 2.37 bits per heavy atom. The van der Waals surface area contributed by atoms with Crippen LogP contribution in [0.3, 0.4) is 0 Å². The van der Waals surface area contributed by atoms with E-state index in [0.717, 1.165) is 43.9 Å². The molecule has 1 aromatic rings. The molecule has 0 fully saturated rings. The highest BCUT2D eigenvalue weighted by atomic mass is 16.5. The van der Waals surface area contributed by atoms with Crippen LogP contribution in [0.15, 0.2) is 24.3 Å². The van der Waals surface area contributed by atoms with E-state index in [1.165, 1.54) is 11.1 Å². The molecule has 0 bridgehead atoms. The molecule has 3 heteroatoms. The van der Waals surface area contributed by atoms with Gasteiger partial charge in [0.25, 0.3) is 0 Å². The van der Waals surface area contributed by atoms with Gasteiger partial charge in [0.1, 0.15) is 6.10 Å². The zero-order chi connectivity index (χ0) is 12.9. The van der Waals surface area contributed by atoms with E-state index in [9.17, 15) is 0 Å². The second kappa shape index (κ2) is 4.01. The van der Waals surface area contributed by atoms with Gasteiger partial charge in [-0.25, -0.2) is 0 Å². The number of ether oxygens (including phenoxy) is 2. The monoisotopic (exact) mass is 257 g/mol. The molecule has 100 valence electrons. The van der Waals surface area contributed by atoms with E-state index in [-0.39, 0.29) is 11.5 Å². The highest BCUT2D eigenvalue weighted by Crippen LogP contribution is 2.54. The molecule has 1 spiro atoms. The highest BCUT2D eigenvalue weighted by molar-refractivity contribution is 5.60. The van der Waals surface area contributed by atoms with Crippen molar-refractivity contribution in [3.63, 3.8) is 0 Å². The largest absolute Gasteiger partial charge is 0.493 e. The Balaban J connectivity index is 1.99. The Morgan fingerprint density at radius 1 is 1.42 bits per heavy atom. The van der Waals surface area contributed by atoms with Gasteiger partial charge in [-0.15, -0.1) is 0 Å². The Hall–Kier alpha value is -1.48. The third-order valence-corrected chi connectivity index (χ3v) is 4.77. The second-order valence-electron chi connectivity index (χ2n) is 5.68. The summed E-state index contributed by atoms with van der Waals surface area (Å²) < 4.78 is 11.8. The van der Waals surface area contributed by atoms with E-state index in [2.05, 4.69) is 23.5 Å². The van der Waals surface area contributed by atoms with Gasteiger partial charge < -0.3 is 14.8 Å². The number of hydrogen-bond acceptors (Lipinski definition) is 3. The maximum atomic E-state index is 6.30. The van der Waals surface area contributed by atoms with Crippen molar-refractivity contribution in [1.29, 1.82) is 0 Å². The standard InChI is InChI=1S/C16H19NO2/c1-18-12-6-5-11-10-17-9-8-16-7-3-2-4-13(16)19-15(12)14(11)16/h3,5-7,13,17H,2,4,8-10H2,1H3. The van der Waals surface area contributed by atoms with E-state index in [4.69, 9.17) is 9.47 Å². The van der Waals surface area contributed by atoms with Crippen molar-refractivity contribution in [2.45, 2.75) is 37.3 Å². The second-order valence-corrected chi connectivity index (χ2v) is 5.68. The SMILES string of the molecule is COc1ccc2c3c1OC1CCC=CC31CCNC2. The number of nitrogens with one attached hydrogen (secondary N) is 1. The topological polar surface area (TPSA) is 30.5 Å². The summed E-state index contributed by atoms with van der Waals surface area (Å²) in [5.74, 6) is 1.86. The summed E-state index contributed by atoms with van der Waals surface area (Å²) in [7, 11) is 1.72. The van der Waals surface area contributed by atoms with Crippen molar-refractivity contribution in [3.8, 4) is 11.5 Å². The van der Waals surface area contributed by atoms with Gasteiger partial charge in [-0.2, -0.15) is 0 Å². The van der Waals surface area contributed by atoms with Crippen molar-refractivity contribution in [2.24, 2.45) is 0 Å². The van der Waals surface area contributed by atoms with Gasteiger partial charge in [-0.3, -0.25) is 0 Å². The molecule has 1 aliphatic carbocycles. The fourth-order valence-corrected chi connectivity index (χ4v) is 3.88. The Morgan fingerprint density at radius 3 is 3.26 bits per heavy atom. The molecule has 19 heavy (non-hydrogen) atoms. The summed E-state index contributed by atoms with van der Waals surface area (Å²) in [5.41, 5.74) is 2.81. The molecule has 2 atom stereocenters. The summed E-state index contributed by atoms with van der Waals surface area (Å²) in [6.07, 6.45) is 8.33. The van der Waals surface area contributed by atoms with Gasteiger partial charge in [0.2, 0.25) is 0 Å². The predicted octanol–water partition coefficient (Wildman–Crippen LogP) is 2.54. The molecule has 1 N–H and O–H groups in total. The first kappa shape index (κ1) is 11.4. The highest BCUT2D eigenvalue weighted by Gasteiger charge is 2.50. The maximum Gasteiger partial charge on any atom is 0.166 e. The zero-order valence-corrected chi connectivity index (χ0v) is 11.2. The Bertz CT molecular complexity index is 552. The van der Waals surface area contributed by atoms with Crippen LogP contribution in [0, 0.1) is 0 Å². The van der Waals surface area contributed by atoms with Gasteiger partial charge in [-0.1, -0.05) is 18.2 Å². The molecule has 0 saturated heterocycles. The van der Waals surface area contributed by atoms with Crippen LogP contribution >= 0.6 is 0 Å². The zero-order valence-electron chi connectivity index (χ0n) is 11.2. The van der Waals surface area contributed by atoms with Crippen LogP contribution < -0.4 is 14.8 Å². The molecule has 2 unspecified atom stereocenters. The molecule has 0 aromatic heterocycles. The molecule has 0 radical (unpaired) electrons. The maximum absolute atomic E-state index is 6.30. The van der Waals surface area contributed by atoms with Gasteiger partial charge in [0.05, 0.1) is 12.5 Å². The van der Waals surface area contributed by atoms with E-state index in [1.807, 2.05) is 6.07 Å². The predicted molar refractivity (Wildman–Crippen MR) is 73.8 cm³/mol. The smallest absolute Gasteiger partial charge is 0.166 e. The van der Waals surface area contributed by atoms with Crippen molar-refractivity contribution in [1.82, 2.24) is 5.32 Å². The Kier molecular flexibility index (Phi) is 2.39. The van der Waals surface area contributed by atoms with E-state index in [1.54, 1.807) is 7.11 Å². The van der Waals surface area contributed by atoms with Crippen LogP contribution in [0.4, 0.5) is 0 Å².